The Labute approximate surface area is 187 Å². The van der Waals surface area contributed by atoms with Gasteiger partial charge in [0.2, 0.25) is 12.6 Å². The molecular weight excluding hydrogens is 440 g/mol. The zero-order chi connectivity index (χ0) is 22.5. The van der Waals surface area contributed by atoms with Gasteiger partial charge in [0.25, 0.3) is 5.91 Å². The molecular formula is C21H19ClN4O6. The molecule has 0 unspecified atom stereocenters. The van der Waals surface area contributed by atoms with Crippen molar-refractivity contribution in [3.8, 4) is 28.6 Å². The number of hydrogen-bond acceptors (Lipinski definition) is 8. The molecule has 2 amide bonds. The number of amides is 2. The Hall–Kier alpha value is -3.79. The van der Waals surface area contributed by atoms with E-state index < -0.39 is 5.91 Å². The van der Waals surface area contributed by atoms with Crippen molar-refractivity contribution in [2.24, 2.45) is 0 Å². The highest BCUT2D eigenvalue weighted by Gasteiger charge is 2.19. The van der Waals surface area contributed by atoms with Crippen molar-refractivity contribution in [2.45, 2.75) is 6.92 Å². The molecule has 0 aliphatic carbocycles. The molecule has 0 bridgehead atoms. The first-order valence-corrected chi connectivity index (χ1v) is 10.0. The molecule has 1 aromatic heterocycles. The fourth-order valence-corrected chi connectivity index (χ4v) is 2.95. The number of aromatic nitrogens is 2. The summed E-state index contributed by atoms with van der Waals surface area (Å²) in [5, 5.41) is 9.68. The Morgan fingerprint density at radius 2 is 1.91 bits per heavy atom. The van der Waals surface area contributed by atoms with E-state index in [9.17, 15) is 9.59 Å². The van der Waals surface area contributed by atoms with Gasteiger partial charge in [0.15, 0.2) is 18.1 Å². The molecule has 2 N–H and O–H groups in total. The van der Waals surface area contributed by atoms with Gasteiger partial charge in [0, 0.05) is 23.7 Å². The van der Waals surface area contributed by atoms with Crippen LogP contribution in [0.2, 0.25) is 5.02 Å². The predicted molar refractivity (Wildman–Crippen MR) is 113 cm³/mol. The van der Waals surface area contributed by atoms with Crippen LogP contribution in [0.3, 0.4) is 0 Å². The van der Waals surface area contributed by atoms with E-state index in [0.29, 0.717) is 27.8 Å². The third kappa shape index (κ3) is 5.09. The van der Waals surface area contributed by atoms with Gasteiger partial charge in [0.1, 0.15) is 5.75 Å². The molecule has 1 aliphatic rings. The first kappa shape index (κ1) is 21.4. The number of aryl methyl sites for hydroxylation is 1. The van der Waals surface area contributed by atoms with Gasteiger partial charge >= 0.3 is 11.8 Å². The molecule has 0 fully saturated rings. The Balaban J connectivity index is 1.20. The van der Waals surface area contributed by atoms with Crippen molar-refractivity contribution in [3.63, 3.8) is 0 Å². The second kappa shape index (κ2) is 9.56. The SMILES string of the molecule is Cc1cc(OCC(=O)NCCNC(=O)c2nc(-c3ccc4c(c3)OCO4)no2)ccc1Cl. The number of ether oxygens (including phenoxy) is 3. The first-order chi connectivity index (χ1) is 15.5. The second-order valence-electron chi connectivity index (χ2n) is 6.80. The van der Waals surface area contributed by atoms with E-state index in [1.54, 1.807) is 36.4 Å². The highest BCUT2D eigenvalue weighted by atomic mass is 35.5. The largest absolute Gasteiger partial charge is 0.484 e. The number of carbonyl (C=O) groups excluding carboxylic acids is 2. The molecule has 2 heterocycles. The Kier molecular flexibility index (Phi) is 6.41. The van der Waals surface area contributed by atoms with Crippen molar-refractivity contribution >= 4 is 23.4 Å². The summed E-state index contributed by atoms with van der Waals surface area (Å²) in [7, 11) is 0. The summed E-state index contributed by atoms with van der Waals surface area (Å²) in [4.78, 5) is 28.2. The van der Waals surface area contributed by atoms with Crippen LogP contribution >= 0.6 is 11.6 Å². The monoisotopic (exact) mass is 458 g/mol. The first-order valence-electron chi connectivity index (χ1n) is 9.67. The quantitative estimate of drug-likeness (QED) is 0.493. The van der Waals surface area contributed by atoms with Crippen LogP contribution in [-0.4, -0.2) is 48.4 Å². The Bertz CT molecular complexity index is 1150. The number of hydrogen-bond donors (Lipinski definition) is 2. The van der Waals surface area contributed by atoms with E-state index in [-0.39, 0.29) is 44.1 Å². The molecule has 1 aliphatic heterocycles. The summed E-state index contributed by atoms with van der Waals surface area (Å²) in [6.07, 6.45) is 0. The average molecular weight is 459 g/mol. The Morgan fingerprint density at radius 1 is 1.09 bits per heavy atom. The third-order valence-corrected chi connectivity index (χ3v) is 4.91. The minimum atomic E-state index is -0.549. The van der Waals surface area contributed by atoms with Crippen LogP contribution in [0.15, 0.2) is 40.9 Å². The van der Waals surface area contributed by atoms with E-state index in [2.05, 4.69) is 20.8 Å². The number of carbonyl (C=O) groups is 2. The summed E-state index contributed by atoms with van der Waals surface area (Å²) in [6.45, 7) is 2.22. The molecule has 166 valence electrons. The van der Waals surface area contributed by atoms with Crippen LogP contribution in [-0.2, 0) is 4.79 Å². The number of nitrogens with zero attached hydrogens (tertiary/aromatic N) is 2. The normalized spacial score (nSPS) is 11.8. The van der Waals surface area contributed by atoms with Crippen molar-refractivity contribution in [1.82, 2.24) is 20.8 Å². The maximum Gasteiger partial charge on any atom is 0.316 e. The van der Waals surface area contributed by atoms with Crippen LogP contribution in [0.5, 0.6) is 17.2 Å². The van der Waals surface area contributed by atoms with Gasteiger partial charge in [0.05, 0.1) is 0 Å². The molecule has 4 rings (SSSR count). The number of fused-ring (bicyclic) bond motifs is 1. The van der Waals surface area contributed by atoms with Gasteiger partial charge < -0.3 is 29.4 Å². The van der Waals surface area contributed by atoms with Crippen LogP contribution < -0.4 is 24.8 Å². The summed E-state index contributed by atoms with van der Waals surface area (Å²) in [5.41, 5.74) is 1.48. The summed E-state index contributed by atoms with van der Waals surface area (Å²) in [5.74, 6) is 0.934. The molecule has 3 aromatic rings. The van der Waals surface area contributed by atoms with Gasteiger partial charge in [-0.3, -0.25) is 9.59 Å². The molecule has 11 heteroatoms. The highest BCUT2D eigenvalue weighted by molar-refractivity contribution is 6.31. The Morgan fingerprint density at radius 3 is 2.75 bits per heavy atom. The second-order valence-corrected chi connectivity index (χ2v) is 7.20. The van der Waals surface area contributed by atoms with Gasteiger partial charge in [-0.05, 0) is 48.9 Å². The lowest BCUT2D eigenvalue weighted by molar-refractivity contribution is -0.123. The maximum atomic E-state index is 12.2. The molecule has 0 atom stereocenters. The van der Waals surface area contributed by atoms with Gasteiger partial charge in [-0.2, -0.15) is 4.98 Å². The topological polar surface area (TPSA) is 125 Å². The fourth-order valence-electron chi connectivity index (χ4n) is 2.83. The van der Waals surface area contributed by atoms with E-state index >= 15 is 0 Å². The summed E-state index contributed by atoms with van der Waals surface area (Å²) >= 11 is 5.96. The fraction of sp³-hybridized carbons (Fsp3) is 0.238. The smallest absolute Gasteiger partial charge is 0.316 e. The van der Waals surface area contributed by atoms with Crippen molar-refractivity contribution in [1.29, 1.82) is 0 Å². The van der Waals surface area contributed by atoms with Crippen molar-refractivity contribution < 1.29 is 28.3 Å². The lowest BCUT2D eigenvalue weighted by Gasteiger charge is -2.08. The van der Waals surface area contributed by atoms with Crippen LogP contribution in [0.1, 0.15) is 16.2 Å². The van der Waals surface area contributed by atoms with Crippen LogP contribution in [0.25, 0.3) is 11.4 Å². The summed E-state index contributed by atoms with van der Waals surface area (Å²) < 4.78 is 21.0. The lowest BCUT2D eigenvalue weighted by atomic mass is 10.2. The molecule has 2 aromatic carbocycles. The van der Waals surface area contributed by atoms with E-state index in [4.69, 9.17) is 30.3 Å². The molecule has 0 saturated heterocycles. The molecule has 32 heavy (non-hydrogen) atoms. The van der Waals surface area contributed by atoms with Crippen LogP contribution in [0, 0.1) is 6.92 Å². The number of nitrogens with one attached hydrogen (secondary N) is 2. The average Bonchev–Trinajstić information content (AvgIpc) is 3.46. The number of rotatable bonds is 8. The summed E-state index contributed by atoms with van der Waals surface area (Å²) in [6, 6.07) is 10.3. The predicted octanol–water partition coefficient (Wildman–Crippen LogP) is 2.35. The minimum absolute atomic E-state index is 0.155. The van der Waals surface area contributed by atoms with Gasteiger partial charge in [-0.15, -0.1) is 0 Å². The van der Waals surface area contributed by atoms with Crippen LogP contribution in [0.4, 0.5) is 0 Å². The zero-order valence-electron chi connectivity index (χ0n) is 17.0. The number of benzene rings is 2. The number of halogens is 1. The van der Waals surface area contributed by atoms with E-state index in [0.717, 1.165) is 5.56 Å². The van der Waals surface area contributed by atoms with Gasteiger partial charge in [-0.25, -0.2) is 0 Å². The maximum absolute atomic E-state index is 12.2. The zero-order valence-corrected chi connectivity index (χ0v) is 17.8. The molecule has 10 nitrogen and oxygen atoms in total. The van der Waals surface area contributed by atoms with E-state index in [1.165, 1.54) is 0 Å². The molecule has 0 radical (unpaired) electrons. The van der Waals surface area contributed by atoms with Gasteiger partial charge in [-0.1, -0.05) is 16.8 Å². The van der Waals surface area contributed by atoms with Crippen molar-refractivity contribution in [3.05, 3.63) is 52.9 Å². The molecule has 0 saturated carbocycles. The molecule has 0 spiro atoms. The lowest BCUT2D eigenvalue weighted by Crippen LogP contribution is -2.36. The third-order valence-electron chi connectivity index (χ3n) is 4.48. The minimum Gasteiger partial charge on any atom is -0.484 e. The van der Waals surface area contributed by atoms with Crippen molar-refractivity contribution in [2.75, 3.05) is 26.5 Å². The van der Waals surface area contributed by atoms with E-state index in [1.807, 2.05) is 6.92 Å². The standard InChI is InChI=1S/C21H19ClN4O6/c1-12-8-14(3-4-15(12)22)29-10-18(27)23-6-7-24-20(28)21-25-19(26-32-21)13-2-5-16-17(9-13)31-11-30-16/h2-5,8-9H,6-7,10-11H2,1H3,(H,23,27)(H,24,28). The highest BCUT2D eigenvalue weighted by Crippen LogP contribution is 2.35.